The van der Waals surface area contributed by atoms with Crippen LogP contribution in [-0.4, -0.2) is 28.7 Å². The first kappa shape index (κ1) is 17.7. The summed E-state index contributed by atoms with van der Waals surface area (Å²) in [6.45, 7) is 5.25. The lowest BCUT2D eigenvalue weighted by Crippen LogP contribution is -2.16. The smallest absolute Gasteiger partial charge is 0.355 e. The summed E-state index contributed by atoms with van der Waals surface area (Å²) in [5.74, 6) is -0.637. The fourth-order valence-corrected chi connectivity index (χ4v) is 2.30. The molecule has 0 amide bonds. The molecule has 0 aliphatic rings. The van der Waals surface area contributed by atoms with Gasteiger partial charge in [-0.05, 0) is 24.5 Å². The minimum atomic E-state index is -0.628. The first-order valence-electron chi connectivity index (χ1n) is 7.77. The quantitative estimate of drug-likeness (QED) is 0.602. The second-order valence-electron chi connectivity index (χ2n) is 6.06. The van der Waals surface area contributed by atoms with Crippen LogP contribution < -0.4 is 0 Å². The summed E-state index contributed by atoms with van der Waals surface area (Å²) in [6.07, 6.45) is 1.56. The Balaban J connectivity index is 2.00. The Morgan fingerprint density at radius 2 is 1.71 bits per heavy atom. The maximum atomic E-state index is 12.1. The lowest BCUT2D eigenvalue weighted by atomic mass is 10.0. The molecule has 2 aromatic rings. The fourth-order valence-electron chi connectivity index (χ4n) is 2.30. The Bertz CT molecular complexity index is 769. The number of hydrogen-bond acceptors (Lipinski definition) is 4. The molecule has 1 heterocycles. The largest absolute Gasteiger partial charge is 0.453 e. The molecule has 24 heavy (non-hydrogen) atoms. The number of aromatic nitrogens is 1. The second kappa shape index (κ2) is 7.25. The Hall–Kier alpha value is -2.69. The molecule has 1 aromatic carbocycles. The van der Waals surface area contributed by atoms with Gasteiger partial charge in [-0.15, -0.1) is 0 Å². The molecule has 0 atom stereocenters. The highest BCUT2D eigenvalue weighted by Crippen LogP contribution is 2.15. The van der Waals surface area contributed by atoms with Crippen molar-refractivity contribution in [2.24, 2.45) is 7.05 Å². The number of carbonyl (C=O) groups excluding carboxylic acids is 3. The first-order chi connectivity index (χ1) is 11.3. The number of nitrogens with zero attached hydrogens (tertiary/aromatic N) is 1. The molecule has 0 saturated heterocycles. The van der Waals surface area contributed by atoms with Crippen molar-refractivity contribution in [3.63, 3.8) is 0 Å². The molecule has 0 bridgehead atoms. The van der Waals surface area contributed by atoms with E-state index in [2.05, 4.69) is 13.8 Å². The number of ether oxygens (including phenoxy) is 1. The molecule has 5 nitrogen and oxygen atoms in total. The van der Waals surface area contributed by atoms with Crippen LogP contribution in [0.5, 0.6) is 0 Å². The second-order valence-corrected chi connectivity index (χ2v) is 6.06. The van der Waals surface area contributed by atoms with Crippen molar-refractivity contribution in [2.75, 3.05) is 6.61 Å². The van der Waals surface area contributed by atoms with Crippen LogP contribution in [0.2, 0.25) is 0 Å². The van der Waals surface area contributed by atoms with Crippen LogP contribution in [0.1, 0.15) is 63.5 Å². The molecule has 0 aliphatic carbocycles. The van der Waals surface area contributed by atoms with E-state index in [1.165, 1.54) is 17.6 Å². The normalized spacial score (nSPS) is 10.7. The Morgan fingerprint density at radius 3 is 2.21 bits per heavy atom. The van der Waals surface area contributed by atoms with Gasteiger partial charge in [0.2, 0.25) is 0 Å². The van der Waals surface area contributed by atoms with Crippen molar-refractivity contribution in [2.45, 2.75) is 26.7 Å². The minimum Gasteiger partial charge on any atom is -0.453 e. The van der Waals surface area contributed by atoms with Crippen molar-refractivity contribution in [3.05, 3.63) is 58.9 Å². The molecule has 0 fully saturated rings. The summed E-state index contributed by atoms with van der Waals surface area (Å²) in [5.41, 5.74) is 2.32. The van der Waals surface area contributed by atoms with Crippen LogP contribution >= 0.6 is 0 Å². The highest BCUT2D eigenvalue weighted by atomic mass is 16.5. The average Bonchev–Trinajstić information content (AvgIpc) is 2.94. The van der Waals surface area contributed by atoms with Gasteiger partial charge in [-0.1, -0.05) is 38.1 Å². The first-order valence-corrected chi connectivity index (χ1v) is 7.77. The third-order valence-electron chi connectivity index (χ3n) is 3.85. The predicted molar refractivity (Wildman–Crippen MR) is 90.6 cm³/mol. The van der Waals surface area contributed by atoms with Gasteiger partial charge in [0, 0.05) is 24.4 Å². The maximum absolute atomic E-state index is 12.1. The number of hydrogen-bond donors (Lipinski definition) is 0. The van der Waals surface area contributed by atoms with Gasteiger partial charge in [0.25, 0.3) is 0 Å². The minimum absolute atomic E-state index is 0.133. The van der Waals surface area contributed by atoms with Gasteiger partial charge in [0.1, 0.15) is 5.69 Å². The standard InChI is InChI=1S/C19H21NO4/c1-12(2)14-5-7-15(8-6-14)18(22)11-24-19(23)17-9-16(13(3)21)10-20(17)4/h5-10,12H,11H2,1-4H3. The summed E-state index contributed by atoms with van der Waals surface area (Å²) in [6, 6.07) is 8.74. The van der Waals surface area contributed by atoms with Crippen LogP contribution in [0.3, 0.4) is 0 Å². The third kappa shape index (κ3) is 3.98. The number of esters is 1. The monoisotopic (exact) mass is 327 g/mol. The van der Waals surface area contributed by atoms with E-state index in [0.717, 1.165) is 5.56 Å². The highest BCUT2D eigenvalue weighted by Gasteiger charge is 2.17. The maximum Gasteiger partial charge on any atom is 0.355 e. The van der Waals surface area contributed by atoms with Crippen molar-refractivity contribution in [3.8, 4) is 0 Å². The SMILES string of the molecule is CC(=O)c1cc(C(=O)OCC(=O)c2ccc(C(C)C)cc2)n(C)c1. The van der Waals surface area contributed by atoms with Crippen LogP contribution in [0.4, 0.5) is 0 Å². The van der Waals surface area contributed by atoms with Gasteiger partial charge in [-0.3, -0.25) is 9.59 Å². The van der Waals surface area contributed by atoms with E-state index >= 15 is 0 Å². The van der Waals surface area contributed by atoms with Crippen LogP contribution in [0.25, 0.3) is 0 Å². The Morgan fingerprint density at radius 1 is 1.08 bits per heavy atom. The van der Waals surface area contributed by atoms with Gasteiger partial charge < -0.3 is 9.30 Å². The number of carbonyl (C=O) groups is 3. The van der Waals surface area contributed by atoms with E-state index < -0.39 is 5.97 Å². The topological polar surface area (TPSA) is 65.4 Å². The zero-order chi connectivity index (χ0) is 17.9. The molecule has 0 saturated carbocycles. The number of benzene rings is 1. The zero-order valence-corrected chi connectivity index (χ0v) is 14.3. The summed E-state index contributed by atoms with van der Waals surface area (Å²) in [7, 11) is 1.65. The van der Waals surface area contributed by atoms with Gasteiger partial charge in [0.15, 0.2) is 18.2 Å². The molecule has 0 unspecified atom stereocenters. The molecule has 0 radical (unpaired) electrons. The van der Waals surface area contributed by atoms with Crippen molar-refractivity contribution in [1.29, 1.82) is 0 Å². The van der Waals surface area contributed by atoms with Crippen molar-refractivity contribution >= 4 is 17.5 Å². The molecule has 5 heteroatoms. The van der Waals surface area contributed by atoms with Gasteiger partial charge in [-0.25, -0.2) is 4.79 Å². The molecule has 0 aliphatic heterocycles. The average molecular weight is 327 g/mol. The summed E-state index contributed by atoms with van der Waals surface area (Å²) in [5, 5.41) is 0. The number of aryl methyl sites for hydroxylation is 1. The number of rotatable bonds is 6. The van der Waals surface area contributed by atoms with E-state index in [0.29, 0.717) is 17.0 Å². The summed E-state index contributed by atoms with van der Waals surface area (Å²) in [4.78, 5) is 35.5. The Kier molecular flexibility index (Phi) is 5.34. The molecule has 126 valence electrons. The summed E-state index contributed by atoms with van der Waals surface area (Å²) >= 11 is 0. The van der Waals surface area contributed by atoms with E-state index in [9.17, 15) is 14.4 Å². The van der Waals surface area contributed by atoms with E-state index in [1.54, 1.807) is 25.4 Å². The van der Waals surface area contributed by atoms with Gasteiger partial charge in [-0.2, -0.15) is 0 Å². The molecule has 1 aromatic heterocycles. The summed E-state index contributed by atoms with van der Waals surface area (Å²) < 4.78 is 6.59. The number of Topliss-reactive ketones (excluding diaryl/α,β-unsaturated/α-hetero) is 2. The van der Waals surface area contributed by atoms with Crippen LogP contribution in [0, 0.1) is 0 Å². The molecular formula is C19H21NO4. The molecule has 0 N–H and O–H groups in total. The van der Waals surface area contributed by atoms with Crippen LogP contribution in [0.15, 0.2) is 36.5 Å². The van der Waals surface area contributed by atoms with Crippen molar-refractivity contribution < 1.29 is 19.1 Å². The Labute approximate surface area is 141 Å². The number of ketones is 2. The third-order valence-corrected chi connectivity index (χ3v) is 3.85. The lowest BCUT2D eigenvalue weighted by molar-refractivity contribution is 0.0465. The van der Waals surface area contributed by atoms with Crippen LogP contribution in [-0.2, 0) is 11.8 Å². The molecule has 0 spiro atoms. The predicted octanol–water partition coefficient (Wildman–Crippen LogP) is 3.39. The lowest BCUT2D eigenvalue weighted by Gasteiger charge is -2.07. The van der Waals surface area contributed by atoms with Gasteiger partial charge >= 0.3 is 5.97 Å². The van der Waals surface area contributed by atoms with E-state index in [4.69, 9.17) is 4.74 Å². The van der Waals surface area contributed by atoms with Gasteiger partial charge in [0.05, 0.1) is 0 Å². The molecular weight excluding hydrogens is 306 g/mol. The fraction of sp³-hybridized carbons (Fsp3) is 0.316. The van der Waals surface area contributed by atoms with E-state index in [1.807, 2.05) is 12.1 Å². The van der Waals surface area contributed by atoms with Crippen molar-refractivity contribution in [1.82, 2.24) is 4.57 Å². The zero-order valence-electron chi connectivity index (χ0n) is 14.3. The van der Waals surface area contributed by atoms with E-state index in [-0.39, 0.29) is 23.9 Å². The molecule has 2 rings (SSSR count). The highest BCUT2D eigenvalue weighted by molar-refractivity contribution is 6.00.